The van der Waals surface area contributed by atoms with E-state index in [4.69, 9.17) is 4.74 Å². The number of methoxy groups -OCH3 is 1. The van der Waals surface area contributed by atoms with E-state index in [9.17, 15) is 9.50 Å². The van der Waals surface area contributed by atoms with Gasteiger partial charge < -0.3 is 9.84 Å². The van der Waals surface area contributed by atoms with E-state index in [1.165, 1.54) is 11.8 Å². The Balaban J connectivity index is 1.63. The van der Waals surface area contributed by atoms with Gasteiger partial charge in [-0.2, -0.15) is 5.10 Å². The van der Waals surface area contributed by atoms with Crippen molar-refractivity contribution < 1.29 is 14.2 Å². The van der Waals surface area contributed by atoms with Crippen LogP contribution in [0.25, 0.3) is 16.6 Å². The van der Waals surface area contributed by atoms with Gasteiger partial charge >= 0.3 is 0 Å². The first kappa shape index (κ1) is 19.5. The van der Waals surface area contributed by atoms with Crippen LogP contribution in [0.4, 0.5) is 4.39 Å². The monoisotopic (exact) mass is 408 g/mol. The first-order valence-electron chi connectivity index (χ1n) is 9.22. The van der Waals surface area contributed by atoms with E-state index in [-0.39, 0.29) is 5.75 Å². The fraction of sp³-hybridized carbons (Fsp3) is 0.174. The van der Waals surface area contributed by atoms with Crippen LogP contribution in [0, 0.1) is 0 Å². The van der Waals surface area contributed by atoms with Crippen LogP contribution in [-0.2, 0) is 5.60 Å². The maximum absolute atomic E-state index is 14.0. The Morgan fingerprint density at radius 3 is 2.59 bits per heavy atom. The van der Waals surface area contributed by atoms with Crippen LogP contribution >= 0.6 is 11.8 Å². The van der Waals surface area contributed by atoms with Crippen molar-refractivity contribution in [2.75, 3.05) is 19.5 Å². The zero-order valence-corrected chi connectivity index (χ0v) is 16.8. The quantitative estimate of drug-likeness (QED) is 0.438. The van der Waals surface area contributed by atoms with Crippen molar-refractivity contribution >= 4 is 22.7 Å². The lowest BCUT2D eigenvalue weighted by molar-refractivity contribution is 0.0350. The third-order valence-electron chi connectivity index (χ3n) is 4.86. The molecule has 1 atom stereocenters. The van der Waals surface area contributed by atoms with E-state index in [0.29, 0.717) is 11.3 Å². The SMILES string of the molecule is COc1ccccc1SCC(O)(CF)c1ccc2c(cnn2-c2ccccc2)c1. The number of hydrogen-bond donors (Lipinski definition) is 1. The van der Waals surface area contributed by atoms with Gasteiger partial charge in [-0.3, -0.25) is 0 Å². The summed E-state index contributed by atoms with van der Waals surface area (Å²) in [5, 5.41) is 16.3. The number of benzene rings is 3. The Hall–Kier alpha value is -2.83. The van der Waals surface area contributed by atoms with Crippen molar-refractivity contribution in [3.05, 3.63) is 84.6 Å². The fourth-order valence-electron chi connectivity index (χ4n) is 3.23. The summed E-state index contributed by atoms with van der Waals surface area (Å²) in [4.78, 5) is 0.861. The van der Waals surface area contributed by atoms with Crippen LogP contribution < -0.4 is 4.74 Å². The molecular weight excluding hydrogens is 387 g/mol. The zero-order valence-electron chi connectivity index (χ0n) is 16.0. The average molecular weight is 408 g/mol. The molecule has 1 heterocycles. The molecule has 4 rings (SSSR count). The zero-order chi connectivity index (χ0) is 20.3. The summed E-state index contributed by atoms with van der Waals surface area (Å²) in [6.07, 6.45) is 1.73. The van der Waals surface area contributed by atoms with E-state index >= 15 is 0 Å². The number of rotatable bonds is 7. The highest BCUT2D eigenvalue weighted by Crippen LogP contribution is 2.35. The molecule has 1 aromatic heterocycles. The first-order valence-corrected chi connectivity index (χ1v) is 10.2. The molecule has 0 radical (unpaired) electrons. The smallest absolute Gasteiger partial charge is 0.132 e. The molecule has 0 spiro atoms. The van der Waals surface area contributed by atoms with Gasteiger partial charge in [0.1, 0.15) is 18.0 Å². The molecule has 0 saturated heterocycles. The van der Waals surface area contributed by atoms with E-state index in [1.54, 1.807) is 19.4 Å². The molecular formula is C23H21FN2O2S. The lowest BCUT2D eigenvalue weighted by Gasteiger charge is -2.25. The van der Waals surface area contributed by atoms with E-state index in [2.05, 4.69) is 5.10 Å². The van der Waals surface area contributed by atoms with Crippen molar-refractivity contribution in [2.24, 2.45) is 0 Å². The Morgan fingerprint density at radius 2 is 1.83 bits per heavy atom. The summed E-state index contributed by atoms with van der Waals surface area (Å²) in [5.41, 5.74) is 0.776. The van der Waals surface area contributed by atoms with Crippen LogP contribution in [0.15, 0.2) is 83.9 Å². The van der Waals surface area contributed by atoms with Crippen molar-refractivity contribution in [3.8, 4) is 11.4 Å². The van der Waals surface area contributed by atoms with Gasteiger partial charge in [-0.1, -0.05) is 36.4 Å². The van der Waals surface area contributed by atoms with E-state index < -0.39 is 12.3 Å². The standard InChI is InChI=1S/C23H21FN2O2S/c1-28-21-9-5-6-10-22(21)29-16-23(27,15-24)18-11-12-20-17(13-18)14-25-26(20)19-7-3-2-4-8-19/h2-14,27H,15-16H2,1H3. The molecule has 0 amide bonds. The van der Waals surface area contributed by atoms with Gasteiger partial charge in [-0.05, 0) is 42.0 Å². The number of alkyl halides is 1. The molecule has 0 bridgehead atoms. The largest absolute Gasteiger partial charge is 0.496 e. The van der Waals surface area contributed by atoms with E-state index in [0.717, 1.165) is 21.5 Å². The normalized spacial score (nSPS) is 13.3. The molecule has 0 fully saturated rings. The predicted octanol–water partition coefficient (Wildman–Crippen LogP) is 4.98. The Kier molecular flexibility index (Phi) is 5.56. The number of aromatic nitrogens is 2. The molecule has 0 aliphatic rings. The number of aliphatic hydroxyl groups is 1. The Morgan fingerprint density at radius 1 is 1.07 bits per heavy atom. The molecule has 29 heavy (non-hydrogen) atoms. The minimum Gasteiger partial charge on any atom is -0.496 e. The number of halogens is 1. The Labute approximate surface area is 172 Å². The molecule has 1 unspecified atom stereocenters. The van der Waals surface area contributed by atoms with Gasteiger partial charge in [0.15, 0.2) is 0 Å². The van der Waals surface area contributed by atoms with Gasteiger partial charge in [0, 0.05) is 16.0 Å². The lowest BCUT2D eigenvalue weighted by Crippen LogP contribution is -2.31. The lowest BCUT2D eigenvalue weighted by atomic mass is 9.96. The summed E-state index contributed by atoms with van der Waals surface area (Å²) in [5.74, 6) is 0.876. The Bertz CT molecular complexity index is 1120. The summed E-state index contributed by atoms with van der Waals surface area (Å²) < 4.78 is 21.1. The van der Waals surface area contributed by atoms with Crippen LogP contribution in [0.3, 0.4) is 0 Å². The second-order valence-electron chi connectivity index (χ2n) is 6.77. The summed E-state index contributed by atoms with van der Waals surface area (Å²) >= 11 is 1.37. The van der Waals surface area contributed by atoms with Gasteiger partial charge in [-0.15, -0.1) is 11.8 Å². The highest BCUT2D eigenvalue weighted by Gasteiger charge is 2.30. The number of fused-ring (bicyclic) bond motifs is 1. The second-order valence-corrected chi connectivity index (χ2v) is 7.79. The molecule has 4 aromatic rings. The topological polar surface area (TPSA) is 47.3 Å². The number of hydrogen-bond acceptors (Lipinski definition) is 4. The molecule has 0 aliphatic carbocycles. The van der Waals surface area contributed by atoms with Crippen LogP contribution in [-0.4, -0.2) is 34.4 Å². The fourth-order valence-corrected chi connectivity index (χ4v) is 4.34. The molecule has 148 valence electrons. The molecule has 6 heteroatoms. The third-order valence-corrected chi connectivity index (χ3v) is 6.13. The summed E-state index contributed by atoms with van der Waals surface area (Å²) in [6.45, 7) is -0.881. The molecule has 3 aromatic carbocycles. The van der Waals surface area contributed by atoms with Crippen molar-refractivity contribution in [3.63, 3.8) is 0 Å². The number of ether oxygens (including phenoxy) is 1. The van der Waals surface area contributed by atoms with Crippen LogP contribution in [0.1, 0.15) is 5.56 Å². The molecule has 1 N–H and O–H groups in total. The first-order chi connectivity index (χ1) is 14.1. The molecule has 0 aliphatic heterocycles. The van der Waals surface area contributed by atoms with E-state index in [1.807, 2.05) is 71.4 Å². The van der Waals surface area contributed by atoms with Crippen molar-refractivity contribution in [1.29, 1.82) is 0 Å². The van der Waals surface area contributed by atoms with Gasteiger partial charge in [0.25, 0.3) is 0 Å². The maximum atomic E-state index is 14.0. The maximum Gasteiger partial charge on any atom is 0.132 e. The van der Waals surface area contributed by atoms with Crippen LogP contribution in [0.2, 0.25) is 0 Å². The number of para-hydroxylation sites is 2. The highest BCUT2D eigenvalue weighted by atomic mass is 32.2. The molecule has 0 saturated carbocycles. The minimum absolute atomic E-state index is 0.169. The second kappa shape index (κ2) is 8.27. The van der Waals surface area contributed by atoms with Gasteiger partial charge in [-0.25, -0.2) is 9.07 Å². The summed E-state index contributed by atoms with van der Waals surface area (Å²) in [6, 6.07) is 22.8. The molecule has 4 nitrogen and oxygen atoms in total. The van der Waals surface area contributed by atoms with Crippen LogP contribution in [0.5, 0.6) is 5.75 Å². The third kappa shape index (κ3) is 3.86. The van der Waals surface area contributed by atoms with Crippen molar-refractivity contribution in [2.45, 2.75) is 10.5 Å². The van der Waals surface area contributed by atoms with Gasteiger partial charge in [0.05, 0.1) is 24.5 Å². The average Bonchev–Trinajstić information content (AvgIpc) is 3.21. The summed E-state index contributed by atoms with van der Waals surface area (Å²) in [7, 11) is 1.60. The van der Waals surface area contributed by atoms with Gasteiger partial charge in [0.2, 0.25) is 0 Å². The minimum atomic E-state index is -1.60. The van der Waals surface area contributed by atoms with Crippen molar-refractivity contribution in [1.82, 2.24) is 9.78 Å². The highest BCUT2D eigenvalue weighted by molar-refractivity contribution is 7.99. The predicted molar refractivity (Wildman–Crippen MR) is 115 cm³/mol. The number of nitrogens with zero attached hydrogens (tertiary/aromatic N) is 2. The number of thioether (sulfide) groups is 1.